The van der Waals surface area contributed by atoms with Crippen LogP contribution in [0.2, 0.25) is 0 Å². The first-order valence-electron chi connectivity index (χ1n) is 6.76. The average Bonchev–Trinajstić information content (AvgIpc) is 2.40. The second-order valence-electron chi connectivity index (χ2n) is 5.14. The largest absolute Gasteiger partial charge is 0.573 e. The van der Waals surface area contributed by atoms with Gasteiger partial charge < -0.3 is 15.0 Å². The molecule has 0 spiro atoms. The van der Waals surface area contributed by atoms with E-state index in [4.69, 9.17) is 0 Å². The van der Waals surface area contributed by atoms with E-state index >= 15 is 0 Å². The van der Waals surface area contributed by atoms with E-state index < -0.39 is 18.1 Å². The van der Waals surface area contributed by atoms with Crippen LogP contribution in [0.15, 0.2) is 24.3 Å². The van der Waals surface area contributed by atoms with Gasteiger partial charge in [-0.1, -0.05) is 19.1 Å². The van der Waals surface area contributed by atoms with Crippen LogP contribution in [-0.4, -0.2) is 30.4 Å². The second kappa shape index (κ2) is 6.24. The zero-order valence-corrected chi connectivity index (χ0v) is 11.6. The van der Waals surface area contributed by atoms with Gasteiger partial charge in [-0.05, 0) is 30.9 Å². The number of anilines is 1. The Hall–Kier alpha value is -1.92. The summed E-state index contributed by atoms with van der Waals surface area (Å²) in [5.74, 6) is 0.152. The molecule has 21 heavy (non-hydrogen) atoms. The highest BCUT2D eigenvalue weighted by Crippen LogP contribution is 2.30. The molecule has 1 saturated heterocycles. The molecule has 116 valence electrons. The van der Waals surface area contributed by atoms with Crippen LogP contribution in [0.1, 0.15) is 19.8 Å². The van der Waals surface area contributed by atoms with Crippen LogP contribution in [-0.2, 0) is 0 Å². The molecule has 2 rings (SSSR count). The third kappa shape index (κ3) is 4.54. The van der Waals surface area contributed by atoms with Crippen LogP contribution in [0.25, 0.3) is 0 Å². The Labute approximate surface area is 120 Å². The fourth-order valence-electron chi connectivity index (χ4n) is 2.19. The normalized spacial score (nSPS) is 16.7. The van der Waals surface area contributed by atoms with Gasteiger partial charge in [0, 0.05) is 13.1 Å². The highest BCUT2D eigenvalue weighted by molar-refractivity contribution is 5.91. The molecule has 0 aromatic heterocycles. The average molecular weight is 302 g/mol. The Balaban J connectivity index is 2.04. The van der Waals surface area contributed by atoms with Crippen LogP contribution >= 0.6 is 0 Å². The summed E-state index contributed by atoms with van der Waals surface area (Å²) in [5.41, 5.74) is 0.0125. The molecule has 0 atom stereocenters. The van der Waals surface area contributed by atoms with Crippen molar-refractivity contribution in [3.63, 3.8) is 0 Å². The summed E-state index contributed by atoms with van der Waals surface area (Å²) in [6, 6.07) is 5.10. The van der Waals surface area contributed by atoms with E-state index in [0.29, 0.717) is 19.0 Å². The number of hydrogen-bond acceptors (Lipinski definition) is 2. The fourth-order valence-corrected chi connectivity index (χ4v) is 2.19. The molecule has 2 amide bonds. The topological polar surface area (TPSA) is 41.6 Å². The van der Waals surface area contributed by atoms with Crippen LogP contribution in [0.4, 0.5) is 23.7 Å². The highest BCUT2D eigenvalue weighted by atomic mass is 19.4. The molecular formula is C14H17F3N2O2. The number of carbonyl (C=O) groups excluding carboxylic acids is 1. The number of nitrogens with zero attached hydrogens (tertiary/aromatic N) is 1. The summed E-state index contributed by atoms with van der Waals surface area (Å²) in [6.45, 7) is 3.33. The molecule has 1 heterocycles. The van der Waals surface area contributed by atoms with Crippen molar-refractivity contribution in [3.8, 4) is 5.75 Å². The number of likely N-dealkylation sites (tertiary alicyclic amines) is 1. The summed E-state index contributed by atoms with van der Waals surface area (Å²) in [5, 5.41) is 2.48. The number of benzene rings is 1. The third-order valence-corrected chi connectivity index (χ3v) is 3.43. The number of hydrogen-bond donors (Lipinski definition) is 1. The summed E-state index contributed by atoms with van der Waals surface area (Å²) >= 11 is 0. The first kappa shape index (κ1) is 15.5. The number of halogens is 3. The van der Waals surface area contributed by atoms with Gasteiger partial charge in [0.15, 0.2) is 5.75 Å². The van der Waals surface area contributed by atoms with E-state index in [1.54, 1.807) is 4.90 Å². The van der Waals surface area contributed by atoms with Crippen LogP contribution in [0.3, 0.4) is 0 Å². The smallest absolute Gasteiger partial charge is 0.404 e. The maximum Gasteiger partial charge on any atom is 0.573 e. The van der Waals surface area contributed by atoms with Gasteiger partial charge in [0.25, 0.3) is 0 Å². The molecular weight excluding hydrogens is 285 g/mol. The van der Waals surface area contributed by atoms with E-state index in [9.17, 15) is 18.0 Å². The number of carbonyl (C=O) groups is 1. The zero-order chi connectivity index (χ0) is 15.5. The Morgan fingerprint density at radius 2 is 1.90 bits per heavy atom. The summed E-state index contributed by atoms with van der Waals surface area (Å²) in [7, 11) is 0. The third-order valence-electron chi connectivity index (χ3n) is 3.43. The minimum absolute atomic E-state index is 0.0125. The first-order chi connectivity index (χ1) is 9.85. The number of piperidine rings is 1. The molecule has 7 heteroatoms. The number of ether oxygens (including phenoxy) is 1. The number of alkyl halides is 3. The zero-order valence-electron chi connectivity index (χ0n) is 11.6. The first-order valence-corrected chi connectivity index (χ1v) is 6.76. The monoisotopic (exact) mass is 302 g/mol. The van der Waals surface area contributed by atoms with Crippen molar-refractivity contribution in [2.24, 2.45) is 5.92 Å². The minimum atomic E-state index is -4.79. The Bertz CT molecular complexity index is 497. The van der Waals surface area contributed by atoms with Crippen molar-refractivity contribution in [3.05, 3.63) is 24.3 Å². The Morgan fingerprint density at radius 3 is 2.52 bits per heavy atom. The standard InChI is InChI=1S/C14H17F3N2O2/c1-10-6-8-19(9-7-10)13(20)18-11-4-2-3-5-12(11)21-14(15,16)17/h2-5,10H,6-9H2,1H3,(H,18,20). The fraction of sp³-hybridized carbons (Fsp3) is 0.500. The summed E-state index contributed by atoms with van der Waals surface area (Å²) in [4.78, 5) is 13.7. The van der Waals surface area contributed by atoms with Crippen molar-refractivity contribution in [2.45, 2.75) is 26.1 Å². The van der Waals surface area contributed by atoms with Crippen LogP contribution in [0, 0.1) is 5.92 Å². The van der Waals surface area contributed by atoms with E-state index in [1.165, 1.54) is 24.3 Å². The van der Waals surface area contributed by atoms with Gasteiger partial charge >= 0.3 is 12.4 Å². The number of urea groups is 1. The van der Waals surface area contributed by atoms with Gasteiger partial charge in [-0.25, -0.2) is 4.79 Å². The maximum atomic E-state index is 12.3. The quantitative estimate of drug-likeness (QED) is 0.901. The van der Waals surface area contributed by atoms with Gasteiger partial charge in [0.05, 0.1) is 5.69 Å². The molecule has 1 aliphatic heterocycles. The van der Waals surface area contributed by atoms with E-state index in [-0.39, 0.29) is 5.69 Å². The maximum absolute atomic E-state index is 12.3. The Morgan fingerprint density at radius 1 is 1.29 bits per heavy atom. The molecule has 0 radical (unpaired) electrons. The second-order valence-corrected chi connectivity index (χ2v) is 5.14. The van der Waals surface area contributed by atoms with Gasteiger partial charge in [-0.15, -0.1) is 13.2 Å². The van der Waals surface area contributed by atoms with Crippen molar-refractivity contribution in [1.29, 1.82) is 0 Å². The van der Waals surface area contributed by atoms with Crippen molar-refractivity contribution in [2.75, 3.05) is 18.4 Å². The lowest BCUT2D eigenvalue weighted by molar-refractivity contribution is -0.274. The summed E-state index contributed by atoms with van der Waals surface area (Å²) < 4.78 is 40.8. The van der Waals surface area contributed by atoms with E-state index in [2.05, 4.69) is 17.0 Å². The van der Waals surface area contributed by atoms with E-state index in [1.807, 2.05) is 0 Å². The minimum Gasteiger partial charge on any atom is -0.404 e. The van der Waals surface area contributed by atoms with E-state index in [0.717, 1.165) is 12.8 Å². The number of amides is 2. The molecule has 0 bridgehead atoms. The lowest BCUT2D eigenvalue weighted by atomic mass is 10.00. The summed E-state index contributed by atoms with van der Waals surface area (Å²) in [6.07, 6.45) is -3.00. The van der Waals surface area contributed by atoms with Crippen molar-refractivity contribution >= 4 is 11.7 Å². The van der Waals surface area contributed by atoms with Gasteiger partial charge in [-0.2, -0.15) is 0 Å². The van der Waals surface area contributed by atoms with Gasteiger partial charge in [0.1, 0.15) is 0 Å². The molecule has 1 aromatic rings. The van der Waals surface area contributed by atoms with Gasteiger partial charge in [0.2, 0.25) is 0 Å². The molecule has 4 nitrogen and oxygen atoms in total. The van der Waals surface area contributed by atoms with Crippen molar-refractivity contribution < 1.29 is 22.7 Å². The van der Waals surface area contributed by atoms with Crippen LogP contribution < -0.4 is 10.1 Å². The molecule has 0 saturated carbocycles. The van der Waals surface area contributed by atoms with Crippen LogP contribution in [0.5, 0.6) is 5.75 Å². The molecule has 1 fully saturated rings. The Kier molecular flexibility index (Phi) is 4.59. The molecule has 0 aliphatic carbocycles. The lowest BCUT2D eigenvalue weighted by Gasteiger charge is -2.30. The number of para-hydroxylation sites is 2. The molecule has 0 unspecified atom stereocenters. The van der Waals surface area contributed by atoms with Crippen molar-refractivity contribution in [1.82, 2.24) is 4.90 Å². The SMILES string of the molecule is CC1CCN(C(=O)Nc2ccccc2OC(F)(F)F)CC1. The number of nitrogens with one attached hydrogen (secondary N) is 1. The lowest BCUT2D eigenvalue weighted by Crippen LogP contribution is -2.40. The predicted octanol–water partition coefficient (Wildman–Crippen LogP) is 3.85. The predicted molar refractivity (Wildman–Crippen MR) is 72.1 cm³/mol. The van der Waals surface area contributed by atoms with Gasteiger partial charge in [-0.3, -0.25) is 0 Å². The molecule has 1 aliphatic rings. The molecule has 1 N–H and O–H groups in total. The highest BCUT2D eigenvalue weighted by Gasteiger charge is 2.32. The number of rotatable bonds is 2. The molecule has 1 aromatic carbocycles.